The van der Waals surface area contributed by atoms with Gasteiger partial charge in [0.25, 0.3) is 0 Å². The van der Waals surface area contributed by atoms with Crippen LogP contribution in [0.15, 0.2) is 29.5 Å². The number of furan rings is 1. The maximum Gasteiger partial charge on any atom is 0.185 e. The Hall–Kier alpha value is -1.64. The number of aldehydes is 1. The number of allylic oxidation sites excluding steroid dienone is 1. The van der Waals surface area contributed by atoms with E-state index in [9.17, 15) is 4.79 Å². The number of nitrogens with zero attached hydrogens (tertiary/aromatic N) is 2. The van der Waals surface area contributed by atoms with Gasteiger partial charge in [-0.3, -0.25) is 9.78 Å². The van der Waals surface area contributed by atoms with Crippen molar-refractivity contribution in [3.63, 3.8) is 0 Å². The van der Waals surface area contributed by atoms with Crippen molar-refractivity contribution in [2.45, 2.75) is 6.92 Å². The molecule has 0 aliphatic carbocycles. The largest absolute Gasteiger partial charge is 0.481 e. The van der Waals surface area contributed by atoms with Crippen molar-refractivity contribution in [3.8, 4) is 0 Å². The molecule has 0 saturated carbocycles. The van der Waals surface area contributed by atoms with E-state index in [1.807, 2.05) is 6.92 Å². The number of rotatable bonds is 3. The SMILES string of the molecule is C=C(/C=c1/c([NH-])ncn/c1=C/C)c1ccc(C=O)o1.[U]. The number of aromatic nitrogens is 2. The molecule has 0 bridgehead atoms. The number of hydrogen-bond acceptors (Lipinski definition) is 4. The minimum absolute atomic E-state index is 0. The van der Waals surface area contributed by atoms with Crippen LogP contribution in [0.25, 0.3) is 23.5 Å². The predicted molar refractivity (Wildman–Crippen MR) is 73.0 cm³/mol. The van der Waals surface area contributed by atoms with Crippen LogP contribution < -0.4 is 10.6 Å². The molecule has 0 atom stereocenters. The Labute approximate surface area is 139 Å². The smallest absolute Gasteiger partial charge is 0.185 e. The summed E-state index contributed by atoms with van der Waals surface area (Å²) in [5, 5.41) is 1.22. The molecule has 6 heteroatoms. The van der Waals surface area contributed by atoms with Gasteiger partial charge >= 0.3 is 0 Å². The molecule has 2 heterocycles. The number of nitrogens with one attached hydrogen (secondary N) is 1. The standard InChI is InChI=1S/C14H12N3O2.U/c1-3-12-11(14(15)17-8-16-12)6-9(2)13-5-4-10(7-18)19-13;/h3-8H,2H2,1H3,(H-,15,16,17);/q-1;/b11-6+,12-3+;. The summed E-state index contributed by atoms with van der Waals surface area (Å²) in [5.41, 5.74) is 8.34. The summed E-state index contributed by atoms with van der Waals surface area (Å²) < 4.78 is 5.27. The Bertz CT molecular complexity index is 750. The number of carbonyl (C=O) groups is 1. The summed E-state index contributed by atoms with van der Waals surface area (Å²) in [6.07, 6.45) is 5.43. The van der Waals surface area contributed by atoms with E-state index < -0.39 is 0 Å². The molecule has 0 fully saturated rings. The Morgan fingerprint density at radius 2 is 2.15 bits per heavy atom. The molecule has 0 unspecified atom stereocenters. The molecule has 0 radical (unpaired) electrons. The topological polar surface area (TPSA) is 79.8 Å². The summed E-state index contributed by atoms with van der Waals surface area (Å²) in [5.74, 6) is 0.834. The molecule has 0 aliphatic rings. The van der Waals surface area contributed by atoms with E-state index in [4.69, 9.17) is 10.2 Å². The van der Waals surface area contributed by atoms with E-state index in [2.05, 4.69) is 16.5 Å². The molecule has 2 aromatic rings. The minimum Gasteiger partial charge on any atom is -0.481 e. The van der Waals surface area contributed by atoms with E-state index in [1.54, 1.807) is 24.3 Å². The number of carbonyl (C=O) groups excluding carboxylic acids is 1. The molecule has 100 valence electrons. The van der Waals surface area contributed by atoms with Gasteiger partial charge in [0, 0.05) is 43.0 Å². The summed E-state index contributed by atoms with van der Waals surface area (Å²) in [7, 11) is 0. The van der Waals surface area contributed by atoms with Gasteiger partial charge in [0.15, 0.2) is 12.0 Å². The van der Waals surface area contributed by atoms with E-state index in [1.165, 1.54) is 6.33 Å². The van der Waals surface area contributed by atoms with Gasteiger partial charge in [0.05, 0.1) is 5.35 Å². The van der Waals surface area contributed by atoms with Gasteiger partial charge in [-0.15, -0.1) is 0 Å². The molecule has 1 N–H and O–H groups in total. The normalized spacial score (nSPS) is 12.1. The Morgan fingerprint density at radius 3 is 2.75 bits per heavy atom. The zero-order valence-corrected chi connectivity index (χ0v) is 15.0. The van der Waals surface area contributed by atoms with Crippen molar-refractivity contribution >= 4 is 29.8 Å². The van der Waals surface area contributed by atoms with Gasteiger partial charge in [-0.2, -0.15) is 0 Å². The minimum atomic E-state index is 0. The Balaban J connectivity index is 0.00000200. The molecule has 0 aliphatic heterocycles. The summed E-state index contributed by atoms with van der Waals surface area (Å²) in [6.45, 7) is 5.70. The first-order chi connectivity index (χ1) is 9.15. The Kier molecular flexibility index (Phi) is 5.93. The first-order valence-corrected chi connectivity index (χ1v) is 5.60. The van der Waals surface area contributed by atoms with Crippen LogP contribution in [0.3, 0.4) is 0 Å². The third-order valence-corrected chi connectivity index (χ3v) is 2.57. The van der Waals surface area contributed by atoms with Crippen molar-refractivity contribution < 1.29 is 40.3 Å². The number of hydrogen-bond donors (Lipinski definition) is 0. The van der Waals surface area contributed by atoms with Crippen LogP contribution in [0.1, 0.15) is 23.2 Å². The van der Waals surface area contributed by atoms with Gasteiger partial charge in [-0.05, 0) is 30.4 Å². The van der Waals surface area contributed by atoms with Crippen molar-refractivity contribution in [1.29, 1.82) is 0 Å². The molecule has 0 spiro atoms. The first kappa shape index (κ1) is 16.4. The third-order valence-electron chi connectivity index (χ3n) is 2.57. The van der Waals surface area contributed by atoms with Crippen molar-refractivity contribution in [2.75, 3.05) is 0 Å². The zero-order chi connectivity index (χ0) is 13.8. The fourth-order valence-corrected chi connectivity index (χ4v) is 1.62. The van der Waals surface area contributed by atoms with Gasteiger partial charge in [-0.1, -0.05) is 18.5 Å². The second kappa shape index (κ2) is 7.23. The Morgan fingerprint density at radius 1 is 1.40 bits per heavy atom. The predicted octanol–water partition coefficient (Wildman–Crippen LogP) is 1.86. The van der Waals surface area contributed by atoms with Gasteiger partial charge < -0.3 is 15.1 Å². The van der Waals surface area contributed by atoms with Crippen LogP contribution in [-0.2, 0) is 0 Å². The molecule has 0 saturated heterocycles. The average Bonchev–Trinajstić information content (AvgIpc) is 2.90. The fraction of sp³-hybridized carbons (Fsp3) is 0.0714. The first-order valence-electron chi connectivity index (χ1n) is 5.60. The van der Waals surface area contributed by atoms with Crippen LogP contribution in [0.2, 0.25) is 0 Å². The van der Waals surface area contributed by atoms with E-state index >= 15 is 0 Å². The van der Waals surface area contributed by atoms with Crippen molar-refractivity contribution in [1.82, 2.24) is 9.97 Å². The molecule has 0 aromatic carbocycles. The fourth-order valence-electron chi connectivity index (χ4n) is 1.62. The second-order valence-electron chi connectivity index (χ2n) is 3.80. The van der Waals surface area contributed by atoms with Crippen LogP contribution in [0.5, 0.6) is 0 Å². The van der Waals surface area contributed by atoms with Gasteiger partial charge in [0.2, 0.25) is 0 Å². The average molecular weight is 492 g/mol. The molecule has 2 aromatic heterocycles. The molecule has 5 nitrogen and oxygen atoms in total. The molecular formula is C14H12N3O2U-. The zero-order valence-electron chi connectivity index (χ0n) is 10.9. The van der Waals surface area contributed by atoms with E-state index in [0.29, 0.717) is 28.2 Å². The summed E-state index contributed by atoms with van der Waals surface area (Å²) >= 11 is 0. The van der Waals surface area contributed by atoms with Crippen molar-refractivity contribution in [2.24, 2.45) is 0 Å². The van der Waals surface area contributed by atoms with Gasteiger partial charge in [0.1, 0.15) is 5.76 Å². The second-order valence-corrected chi connectivity index (χ2v) is 3.80. The van der Waals surface area contributed by atoms with Crippen LogP contribution in [0, 0.1) is 31.1 Å². The molecule has 0 amide bonds. The molecule has 20 heavy (non-hydrogen) atoms. The van der Waals surface area contributed by atoms with Crippen molar-refractivity contribution in [3.05, 3.63) is 52.9 Å². The molecular weight excluding hydrogens is 480 g/mol. The van der Waals surface area contributed by atoms with Crippen LogP contribution in [0.4, 0.5) is 5.82 Å². The third kappa shape index (κ3) is 3.47. The maximum atomic E-state index is 10.6. The molecule has 2 rings (SSSR count). The van der Waals surface area contributed by atoms with E-state index in [0.717, 1.165) is 0 Å². The van der Waals surface area contributed by atoms with E-state index in [-0.39, 0.29) is 42.7 Å². The van der Waals surface area contributed by atoms with Gasteiger partial charge in [-0.25, -0.2) is 0 Å². The maximum absolute atomic E-state index is 10.6. The quantitative estimate of drug-likeness (QED) is 0.613. The van der Waals surface area contributed by atoms with Crippen LogP contribution >= 0.6 is 0 Å². The summed E-state index contributed by atoms with van der Waals surface area (Å²) in [6, 6.07) is 3.22. The monoisotopic (exact) mass is 492 g/mol. The summed E-state index contributed by atoms with van der Waals surface area (Å²) in [4.78, 5) is 18.5. The van der Waals surface area contributed by atoms with Crippen LogP contribution in [-0.4, -0.2) is 16.3 Å².